The Morgan fingerprint density at radius 2 is 1.95 bits per heavy atom. The van der Waals surface area contributed by atoms with Crippen LogP contribution < -0.4 is 10.2 Å². The van der Waals surface area contributed by atoms with E-state index in [0.29, 0.717) is 12.0 Å². The van der Waals surface area contributed by atoms with Gasteiger partial charge in [0.15, 0.2) is 0 Å². The lowest BCUT2D eigenvalue weighted by atomic mass is 10.1. The van der Waals surface area contributed by atoms with Crippen molar-refractivity contribution >= 4 is 17.3 Å². The van der Waals surface area contributed by atoms with E-state index in [9.17, 15) is 0 Å². The van der Waals surface area contributed by atoms with Crippen molar-refractivity contribution in [1.29, 1.82) is 0 Å². The Labute approximate surface area is 134 Å². The molecule has 2 rings (SSSR count). The molecule has 3 heteroatoms. The maximum Gasteiger partial charge on any atom is 0.0471 e. The molecular weight excluding hydrogens is 280 g/mol. The summed E-state index contributed by atoms with van der Waals surface area (Å²) >= 11 is 6.48. The van der Waals surface area contributed by atoms with E-state index >= 15 is 0 Å². The van der Waals surface area contributed by atoms with Crippen LogP contribution in [-0.4, -0.2) is 19.1 Å². The Morgan fingerprint density at radius 1 is 1.24 bits per heavy atom. The van der Waals surface area contributed by atoms with Gasteiger partial charge in [-0.05, 0) is 57.2 Å². The van der Waals surface area contributed by atoms with E-state index < -0.39 is 0 Å². The van der Waals surface area contributed by atoms with Crippen molar-refractivity contribution in [2.24, 2.45) is 11.8 Å². The van der Waals surface area contributed by atoms with Gasteiger partial charge < -0.3 is 10.2 Å². The Balaban J connectivity index is 2.17. The number of hydrogen-bond donors (Lipinski definition) is 1. The van der Waals surface area contributed by atoms with Crippen molar-refractivity contribution in [2.75, 3.05) is 18.0 Å². The van der Waals surface area contributed by atoms with Gasteiger partial charge >= 0.3 is 0 Å². The number of nitrogens with one attached hydrogen (secondary N) is 1. The SMILES string of the molecule is CC(C)CNCc1c(Cl)cccc1N(CC1CC1)C(C)C. The number of nitrogens with zero attached hydrogens (tertiary/aromatic N) is 1. The molecule has 0 heterocycles. The number of rotatable bonds is 8. The first-order valence-corrected chi connectivity index (χ1v) is 8.61. The Morgan fingerprint density at radius 3 is 2.52 bits per heavy atom. The van der Waals surface area contributed by atoms with Crippen molar-refractivity contribution in [3.63, 3.8) is 0 Å². The number of benzene rings is 1. The second-order valence-corrected chi connectivity index (χ2v) is 7.36. The van der Waals surface area contributed by atoms with E-state index in [0.717, 1.165) is 30.6 Å². The molecule has 0 radical (unpaired) electrons. The van der Waals surface area contributed by atoms with Crippen molar-refractivity contribution in [2.45, 2.75) is 53.1 Å². The molecule has 0 spiro atoms. The lowest BCUT2D eigenvalue weighted by molar-refractivity contribution is 0.550. The fraction of sp³-hybridized carbons (Fsp3) is 0.667. The first-order valence-electron chi connectivity index (χ1n) is 8.23. The maximum atomic E-state index is 6.48. The monoisotopic (exact) mass is 308 g/mol. The van der Waals surface area contributed by atoms with Crippen molar-refractivity contribution in [3.8, 4) is 0 Å². The predicted octanol–water partition coefficient (Wildman–Crippen LogP) is 4.71. The molecule has 1 aromatic rings. The number of halogens is 1. The van der Waals surface area contributed by atoms with E-state index in [4.69, 9.17) is 11.6 Å². The molecule has 1 saturated carbocycles. The summed E-state index contributed by atoms with van der Waals surface area (Å²) in [6.45, 7) is 12.0. The lowest BCUT2D eigenvalue weighted by Crippen LogP contribution is -2.34. The van der Waals surface area contributed by atoms with Gasteiger partial charge in [-0.3, -0.25) is 0 Å². The summed E-state index contributed by atoms with van der Waals surface area (Å²) in [5.74, 6) is 1.53. The quantitative estimate of drug-likeness (QED) is 0.748. The maximum absolute atomic E-state index is 6.48. The Kier molecular flexibility index (Phi) is 5.95. The van der Waals surface area contributed by atoms with Crippen LogP contribution in [0.2, 0.25) is 5.02 Å². The summed E-state index contributed by atoms with van der Waals surface area (Å²) in [7, 11) is 0. The molecule has 1 aromatic carbocycles. The van der Waals surface area contributed by atoms with E-state index in [1.54, 1.807) is 0 Å². The predicted molar refractivity (Wildman–Crippen MR) is 93.2 cm³/mol. The molecule has 0 amide bonds. The number of anilines is 1. The Bertz CT molecular complexity index is 453. The van der Waals surface area contributed by atoms with Gasteiger partial charge in [0.05, 0.1) is 0 Å². The van der Waals surface area contributed by atoms with E-state index in [1.807, 2.05) is 6.07 Å². The molecule has 2 nitrogen and oxygen atoms in total. The molecule has 0 aromatic heterocycles. The van der Waals surface area contributed by atoms with Crippen molar-refractivity contribution in [3.05, 3.63) is 28.8 Å². The van der Waals surface area contributed by atoms with Gasteiger partial charge in [0.2, 0.25) is 0 Å². The van der Waals surface area contributed by atoms with E-state index in [2.05, 4.69) is 50.0 Å². The highest BCUT2D eigenvalue weighted by molar-refractivity contribution is 6.31. The molecule has 0 bridgehead atoms. The second kappa shape index (κ2) is 7.51. The topological polar surface area (TPSA) is 15.3 Å². The molecule has 1 aliphatic carbocycles. The molecule has 0 atom stereocenters. The van der Waals surface area contributed by atoms with Crippen LogP contribution in [0.1, 0.15) is 46.1 Å². The van der Waals surface area contributed by atoms with Crippen LogP contribution in [0.3, 0.4) is 0 Å². The normalized spacial score (nSPS) is 15.0. The van der Waals surface area contributed by atoms with E-state index in [1.165, 1.54) is 24.1 Å². The Hall–Kier alpha value is -0.730. The largest absolute Gasteiger partial charge is 0.369 e. The fourth-order valence-corrected chi connectivity index (χ4v) is 2.88. The zero-order chi connectivity index (χ0) is 15.4. The van der Waals surface area contributed by atoms with Crippen molar-refractivity contribution < 1.29 is 0 Å². The minimum Gasteiger partial charge on any atom is -0.369 e. The van der Waals surface area contributed by atoms with Crippen LogP contribution in [0.25, 0.3) is 0 Å². The van der Waals surface area contributed by atoms with Gasteiger partial charge in [-0.2, -0.15) is 0 Å². The third-order valence-corrected chi connectivity index (χ3v) is 4.39. The summed E-state index contributed by atoms with van der Waals surface area (Å²) in [6, 6.07) is 6.81. The molecule has 1 aliphatic rings. The smallest absolute Gasteiger partial charge is 0.0471 e. The van der Waals surface area contributed by atoms with E-state index in [-0.39, 0.29) is 0 Å². The zero-order valence-electron chi connectivity index (χ0n) is 13.8. The van der Waals surface area contributed by atoms with Crippen LogP contribution in [-0.2, 0) is 6.54 Å². The van der Waals surface area contributed by atoms with Crippen LogP contribution in [0, 0.1) is 11.8 Å². The van der Waals surface area contributed by atoms with Gasteiger partial charge in [-0.1, -0.05) is 31.5 Å². The zero-order valence-corrected chi connectivity index (χ0v) is 14.6. The highest BCUT2D eigenvalue weighted by Gasteiger charge is 2.27. The lowest BCUT2D eigenvalue weighted by Gasteiger charge is -2.31. The van der Waals surface area contributed by atoms with Crippen molar-refractivity contribution in [1.82, 2.24) is 5.32 Å². The second-order valence-electron chi connectivity index (χ2n) is 6.95. The molecule has 118 valence electrons. The minimum absolute atomic E-state index is 0.507. The molecule has 1 N–H and O–H groups in total. The van der Waals surface area contributed by atoms with Crippen LogP contribution in [0.15, 0.2) is 18.2 Å². The highest BCUT2D eigenvalue weighted by Crippen LogP contribution is 2.35. The standard InChI is InChI=1S/C18H29ClN2/c1-13(2)10-20-11-16-17(19)6-5-7-18(16)21(14(3)4)12-15-8-9-15/h5-7,13-15,20H,8-12H2,1-4H3. The summed E-state index contributed by atoms with van der Waals surface area (Å²) in [4.78, 5) is 2.52. The fourth-order valence-electron chi connectivity index (χ4n) is 2.64. The molecule has 0 unspecified atom stereocenters. The minimum atomic E-state index is 0.507. The first kappa shape index (κ1) is 16.6. The van der Waals surface area contributed by atoms with Gasteiger partial charge in [-0.25, -0.2) is 0 Å². The number of hydrogen-bond acceptors (Lipinski definition) is 2. The molecule has 0 aliphatic heterocycles. The van der Waals surface area contributed by atoms with Gasteiger partial charge in [0.25, 0.3) is 0 Å². The average molecular weight is 309 g/mol. The first-order chi connectivity index (χ1) is 9.99. The third kappa shape index (κ3) is 4.89. The summed E-state index contributed by atoms with van der Waals surface area (Å²) in [5, 5.41) is 4.41. The van der Waals surface area contributed by atoms with Crippen LogP contribution in [0.5, 0.6) is 0 Å². The molecule has 21 heavy (non-hydrogen) atoms. The van der Waals surface area contributed by atoms with Gasteiger partial charge in [0.1, 0.15) is 0 Å². The molecular formula is C18H29ClN2. The third-order valence-electron chi connectivity index (χ3n) is 4.03. The summed E-state index contributed by atoms with van der Waals surface area (Å²) < 4.78 is 0. The van der Waals surface area contributed by atoms with Gasteiger partial charge in [-0.15, -0.1) is 0 Å². The molecule has 0 saturated heterocycles. The van der Waals surface area contributed by atoms with Crippen LogP contribution >= 0.6 is 11.6 Å². The van der Waals surface area contributed by atoms with Gasteiger partial charge in [0, 0.05) is 35.4 Å². The molecule has 1 fully saturated rings. The average Bonchev–Trinajstić information content (AvgIpc) is 3.21. The highest BCUT2D eigenvalue weighted by atomic mass is 35.5. The summed E-state index contributed by atoms with van der Waals surface area (Å²) in [6.07, 6.45) is 2.76. The van der Waals surface area contributed by atoms with Crippen LogP contribution in [0.4, 0.5) is 5.69 Å². The summed E-state index contributed by atoms with van der Waals surface area (Å²) in [5.41, 5.74) is 2.55.